The third kappa shape index (κ3) is 4.70. The van der Waals surface area contributed by atoms with Crippen LogP contribution in [0.15, 0.2) is 47.4 Å². The van der Waals surface area contributed by atoms with Gasteiger partial charge in [-0.05, 0) is 60.9 Å². The minimum absolute atomic E-state index is 0.175. The quantitative estimate of drug-likeness (QED) is 0.765. The Morgan fingerprint density at radius 2 is 1.76 bits per heavy atom. The molecule has 0 unspecified atom stereocenters. The molecule has 0 aliphatic carbocycles. The smallest absolute Gasteiger partial charge is 0.255 e. The maximum Gasteiger partial charge on any atom is 0.255 e. The molecule has 1 aliphatic heterocycles. The second kappa shape index (κ2) is 8.67. The van der Waals surface area contributed by atoms with Crippen LogP contribution in [0.5, 0.6) is 0 Å². The van der Waals surface area contributed by atoms with Crippen LogP contribution in [0.2, 0.25) is 0 Å². The lowest BCUT2D eigenvalue weighted by Gasteiger charge is -2.29. The number of piperidine rings is 1. The SMILES string of the molecule is Cc1cccc(C(C)C)c1NC(=O)c1cccc(S(=O)(=O)N2CCC(C)CC2)c1. The summed E-state index contributed by atoms with van der Waals surface area (Å²) in [6.07, 6.45) is 1.73. The van der Waals surface area contributed by atoms with Crippen LogP contribution in [-0.2, 0) is 10.0 Å². The number of nitrogens with one attached hydrogen (secondary N) is 1. The molecule has 1 amide bonds. The minimum atomic E-state index is -3.59. The van der Waals surface area contributed by atoms with E-state index in [1.807, 2.05) is 25.1 Å². The molecule has 156 valence electrons. The molecule has 1 heterocycles. The lowest BCUT2D eigenvalue weighted by Crippen LogP contribution is -2.37. The molecule has 2 aromatic carbocycles. The Kier molecular flexibility index (Phi) is 6.44. The molecule has 0 aromatic heterocycles. The molecule has 1 N–H and O–H groups in total. The van der Waals surface area contributed by atoms with Crippen LogP contribution in [0.3, 0.4) is 0 Å². The predicted molar refractivity (Wildman–Crippen MR) is 117 cm³/mol. The highest BCUT2D eigenvalue weighted by Crippen LogP contribution is 2.28. The van der Waals surface area contributed by atoms with Crippen molar-refractivity contribution in [2.24, 2.45) is 5.92 Å². The second-order valence-electron chi connectivity index (χ2n) is 8.26. The van der Waals surface area contributed by atoms with Crippen molar-refractivity contribution in [1.82, 2.24) is 4.31 Å². The normalized spacial score (nSPS) is 16.2. The van der Waals surface area contributed by atoms with Gasteiger partial charge in [0.25, 0.3) is 5.91 Å². The largest absolute Gasteiger partial charge is 0.321 e. The number of aryl methyl sites for hydroxylation is 1. The summed E-state index contributed by atoms with van der Waals surface area (Å²) in [5, 5.41) is 2.99. The van der Waals surface area contributed by atoms with Gasteiger partial charge in [0.15, 0.2) is 0 Å². The summed E-state index contributed by atoms with van der Waals surface area (Å²) in [5.74, 6) is 0.506. The van der Waals surface area contributed by atoms with Gasteiger partial charge in [-0.1, -0.05) is 45.0 Å². The molecule has 0 radical (unpaired) electrons. The number of benzene rings is 2. The summed E-state index contributed by atoms with van der Waals surface area (Å²) >= 11 is 0. The summed E-state index contributed by atoms with van der Waals surface area (Å²) < 4.78 is 27.6. The van der Waals surface area contributed by atoms with Crippen molar-refractivity contribution < 1.29 is 13.2 Å². The molecule has 0 spiro atoms. The van der Waals surface area contributed by atoms with E-state index in [4.69, 9.17) is 0 Å². The van der Waals surface area contributed by atoms with E-state index in [2.05, 4.69) is 26.1 Å². The Morgan fingerprint density at radius 3 is 2.41 bits per heavy atom. The molecule has 0 bridgehead atoms. The molecule has 2 aromatic rings. The highest BCUT2D eigenvalue weighted by Gasteiger charge is 2.28. The average molecular weight is 415 g/mol. The lowest BCUT2D eigenvalue weighted by molar-refractivity contribution is 0.102. The average Bonchev–Trinajstić information content (AvgIpc) is 2.69. The molecular formula is C23H30N2O3S. The first kappa shape index (κ1) is 21.5. The number of carbonyl (C=O) groups excluding carboxylic acids is 1. The van der Waals surface area contributed by atoms with Gasteiger partial charge in [0.05, 0.1) is 4.90 Å². The molecule has 0 saturated carbocycles. The van der Waals surface area contributed by atoms with E-state index < -0.39 is 10.0 Å². The standard InChI is InChI=1S/C23H30N2O3S/c1-16(2)21-10-5-7-18(4)22(21)24-23(26)19-8-6-9-20(15-19)29(27,28)25-13-11-17(3)12-14-25/h5-10,15-17H,11-14H2,1-4H3,(H,24,26). The van der Waals surface area contributed by atoms with E-state index in [9.17, 15) is 13.2 Å². The van der Waals surface area contributed by atoms with E-state index in [-0.39, 0.29) is 16.7 Å². The number of amides is 1. The van der Waals surface area contributed by atoms with Gasteiger partial charge in [0.2, 0.25) is 10.0 Å². The van der Waals surface area contributed by atoms with Gasteiger partial charge in [0, 0.05) is 24.3 Å². The summed E-state index contributed by atoms with van der Waals surface area (Å²) in [4.78, 5) is 13.1. The fourth-order valence-corrected chi connectivity index (χ4v) is 5.22. The van der Waals surface area contributed by atoms with Gasteiger partial charge in [-0.15, -0.1) is 0 Å². The molecule has 6 heteroatoms. The highest BCUT2D eigenvalue weighted by molar-refractivity contribution is 7.89. The molecule has 3 rings (SSSR count). The Labute approximate surface area is 174 Å². The van der Waals surface area contributed by atoms with Crippen molar-refractivity contribution >= 4 is 21.6 Å². The maximum atomic E-state index is 13.0. The van der Waals surface area contributed by atoms with E-state index in [1.54, 1.807) is 18.2 Å². The predicted octanol–water partition coefficient (Wildman–Crippen LogP) is 4.79. The van der Waals surface area contributed by atoms with E-state index in [1.165, 1.54) is 10.4 Å². The van der Waals surface area contributed by atoms with Crippen LogP contribution < -0.4 is 5.32 Å². The first-order chi connectivity index (χ1) is 13.7. The zero-order valence-electron chi connectivity index (χ0n) is 17.6. The van der Waals surface area contributed by atoms with Crippen LogP contribution in [0.1, 0.15) is 61.0 Å². The van der Waals surface area contributed by atoms with Crippen molar-refractivity contribution in [2.75, 3.05) is 18.4 Å². The van der Waals surface area contributed by atoms with Gasteiger partial charge >= 0.3 is 0 Å². The Hall–Kier alpha value is -2.18. The van der Waals surface area contributed by atoms with E-state index >= 15 is 0 Å². The fourth-order valence-electron chi connectivity index (χ4n) is 3.70. The van der Waals surface area contributed by atoms with Crippen molar-refractivity contribution in [3.63, 3.8) is 0 Å². The van der Waals surface area contributed by atoms with Gasteiger partial charge in [-0.2, -0.15) is 4.31 Å². The number of rotatable bonds is 5. The molecule has 1 saturated heterocycles. The van der Waals surface area contributed by atoms with Crippen molar-refractivity contribution in [3.05, 3.63) is 59.2 Å². The highest BCUT2D eigenvalue weighted by atomic mass is 32.2. The number of anilines is 1. The number of sulfonamides is 1. The van der Waals surface area contributed by atoms with Crippen LogP contribution in [0.4, 0.5) is 5.69 Å². The third-order valence-corrected chi connectivity index (χ3v) is 7.54. The second-order valence-corrected chi connectivity index (χ2v) is 10.2. The Bertz CT molecular complexity index is 991. The number of carbonyl (C=O) groups is 1. The van der Waals surface area contributed by atoms with Gasteiger partial charge < -0.3 is 5.32 Å². The van der Waals surface area contributed by atoms with Gasteiger partial charge in [-0.25, -0.2) is 8.42 Å². The minimum Gasteiger partial charge on any atom is -0.321 e. The topological polar surface area (TPSA) is 66.5 Å². The maximum absolute atomic E-state index is 13.0. The zero-order valence-corrected chi connectivity index (χ0v) is 18.4. The summed E-state index contributed by atoms with van der Waals surface area (Å²) in [6, 6.07) is 12.3. The monoisotopic (exact) mass is 414 g/mol. The summed E-state index contributed by atoms with van der Waals surface area (Å²) in [5.41, 5.74) is 3.18. The number of hydrogen-bond acceptors (Lipinski definition) is 3. The van der Waals surface area contributed by atoms with Crippen LogP contribution >= 0.6 is 0 Å². The fraction of sp³-hybridized carbons (Fsp3) is 0.435. The Balaban J connectivity index is 1.86. The first-order valence-corrected chi connectivity index (χ1v) is 11.6. The lowest BCUT2D eigenvalue weighted by atomic mass is 9.98. The third-order valence-electron chi connectivity index (χ3n) is 5.64. The number of hydrogen-bond donors (Lipinski definition) is 1. The molecule has 1 fully saturated rings. The zero-order chi connectivity index (χ0) is 21.2. The van der Waals surface area contributed by atoms with Gasteiger partial charge in [-0.3, -0.25) is 4.79 Å². The molecular weight excluding hydrogens is 384 g/mol. The van der Waals surface area contributed by atoms with Gasteiger partial charge in [0.1, 0.15) is 0 Å². The number of nitrogens with zero attached hydrogens (tertiary/aromatic N) is 1. The Morgan fingerprint density at radius 1 is 1.10 bits per heavy atom. The van der Waals surface area contributed by atoms with E-state index in [0.717, 1.165) is 29.7 Å². The van der Waals surface area contributed by atoms with Crippen LogP contribution in [-0.4, -0.2) is 31.7 Å². The number of para-hydroxylation sites is 1. The van der Waals surface area contributed by atoms with Crippen LogP contribution in [0, 0.1) is 12.8 Å². The molecule has 29 heavy (non-hydrogen) atoms. The van der Waals surface area contributed by atoms with Crippen LogP contribution in [0.25, 0.3) is 0 Å². The molecule has 0 atom stereocenters. The molecule has 1 aliphatic rings. The van der Waals surface area contributed by atoms with Crippen molar-refractivity contribution in [2.45, 2.75) is 51.3 Å². The molecule has 5 nitrogen and oxygen atoms in total. The first-order valence-electron chi connectivity index (χ1n) is 10.2. The van der Waals surface area contributed by atoms with E-state index in [0.29, 0.717) is 24.6 Å². The summed E-state index contributed by atoms with van der Waals surface area (Å²) in [6.45, 7) is 9.32. The van der Waals surface area contributed by atoms with Crippen molar-refractivity contribution in [1.29, 1.82) is 0 Å². The van der Waals surface area contributed by atoms with Crippen molar-refractivity contribution in [3.8, 4) is 0 Å². The summed E-state index contributed by atoms with van der Waals surface area (Å²) in [7, 11) is -3.59.